The molecule has 2 amide bonds. The highest BCUT2D eigenvalue weighted by molar-refractivity contribution is 5.84. The van der Waals surface area contributed by atoms with Gasteiger partial charge in [0.2, 0.25) is 0 Å². The summed E-state index contributed by atoms with van der Waals surface area (Å²) in [6.45, 7) is 1.70. The first-order valence-electron chi connectivity index (χ1n) is 5.10. The highest BCUT2D eigenvalue weighted by Crippen LogP contribution is 2.36. The van der Waals surface area contributed by atoms with Crippen LogP contribution in [0.5, 0.6) is 0 Å². The molecule has 0 spiro atoms. The standard InChI is InChI=1S/C10H17N3O/c1-12(2)10(14)13-5-7-3-9(11)4-8(7)6-13/h7-8,11H,3-6H2,1-2H3. The van der Waals surface area contributed by atoms with E-state index in [1.807, 2.05) is 4.90 Å². The van der Waals surface area contributed by atoms with Gasteiger partial charge in [0.25, 0.3) is 0 Å². The topological polar surface area (TPSA) is 47.4 Å². The highest BCUT2D eigenvalue weighted by Gasteiger charge is 2.40. The predicted octanol–water partition coefficient (Wildman–Crippen LogP) is 1.03. The molecule has 14 heavy (non-hydrogen) atoms. The van der Waals surface area contributed by atoms with E-state index in [4.69, 9.17) is 5.41 Å². The van der Waals surface area contributed by atoms with Crippen LogP contribution in [0, 0.1) is 17.2 Å². The van der Waals surface area contributed by atoms with Gasteiger partial charge in [-0.25, -0.2) is 4.79 Å². The molecule has 4 heteroatoms. The number of likely N-dealkylation sites (tertiary alicyclic amines) is 1. The Labute approximate surface area is 84.4 Å². The van der Waals surface area contributed by atoms with E-state index in [2.05, 4.69) is 0 Å². The smallest absolute Gasteiger partial charge is 0.319 e. The summed E-state index contributed by atoms with van der Waals surface area (Å²) in [5, 5.41) is 7.59. The zero-order valence-corrected chi connectivity index (χ0v) is 8.79. The molecule has 78 valence electrons. The van der Waals surface area contributed by atoms with E-state index in [0.717, 1.165) is 31.6 Å². The molecular weight excluding hydrogens is 178 g/mol. The van der Waals surface area contributed by atoms with Crippen LogP contribution in [-0.4, -0.2) is 48.7 Å². The fourth-order valence-corrected chi connectivity index (χ4v) is 2.56. The minimum atomic E-state index is 0.117. The Balaban J connectivity index is 1.97. The second-order valence-electron chi connectivity index (χ2n) is 4.61. The maximum absolute atomic E-state index is 11.7. The van der Waals surface area contributed by atoms with Crippen molar-refractivity contribution in [2.45, 2.75) is 12.8 Å². The molecular formula is C10H17N3O. The van der Waals surface area contributed by atoms with Crippen molar-refractivity contribution in [1.29, 1.82) is 5.41 Å². The number of hydrogen-bond acceptors (Lipinski definition) is 2. The van der Waals surface area contributed by atoms with Crippen LogP contribution in [0.1, 0.15) is 12.8 Å². The van der Waals surface area contributed by atoms with Gasteiger partial charge in [0.1, 0.15) is 0 Å². The van der Waals surface area contributed by atoms with Gasteiger partial charge in [-0.1, -0.05) is 0 Å². The van der Waals surface area contributed by atoms with E-state index in [1.54, 1.807) is 19.0 Å². The summed E-state index contributed by atoms with van der Waals surface area (Å²) in [6, 6.07) is 0.117. The average molecular weight is 195 g/mol. The second-order valence-corrected chi connectivity index (χ2v) is 4.61. The molecule has 1 N–H and O–H groups in total. The quantitative estimate of drug-likeness (QED) is 0.616. The van der Waals surface area contributed by atoms with Gasteiger partial charge in [-0.3, -0.25) is 0 Å². The number of carbonyl (C=O) groups excluding carboxylic acids is 1. The van der Waals surface area contributed by atoms with Crippen LogP contribution in [0.4, 0.5) is 4.79 Å². The zero-order chi connectivity index (χ0) is 10.3. The van der Waals surface area contributed by atoms with E-state index in [-0.39, 0.29) is 6.03 Å². The number of hydrogen-bond donors (Lipinski definition) is 1. The van der Waals surface area contributed by atoms with Crippen molar-refractivity contribution in [3.8, 4) is 0 Å². The molecule has 2 fully saturated rings. The van der Waals surface area contributed by atoms with Gasteiger partial charge < -0.3 is 15.2 Å². The van der Waals surface area contributed by atoms with Crippen molar-refractivity contribution >= 4 is 11.7 Å². The van der Waals surface area contributed by atoms with E-state index in [1.165, 1.54) is 0 Å². The molecule has 0 aromatic carbocycles. The molecule has 1 saturated heterocycles. The van der Waals surface area contributed by atoms with E-state index in [9.17, 15) is 4.79 Å². The molecule has 0 aromatic heterocycles. The number of urea groups is 1. The van der Waals surface area contributed by atoms with Gasteiger partial charge in [0, 0.05) is 32.9 Å². The SMILES string of the molecule is CN(C)C(=O)N1CC2CC(=N)CC2C1. The van der Waals surface area contributed by atoms with Crippen molar-refractivity contribution in [3.05, 3.63) is 0 Å². The minimum absolute atomic E-state index is 0.117. The van der Waals surface area contributed by atoms with E-state index >= 15 is 0 Å². The third-order valence-corrected chi connectivity index (χ3v) is 3.25. The Morgan fingerprint density at radius 1 is 1.36 bits per heavy atom. The fraction of sp³-hybridized carbons (Fsp3) is 0.800. The number of rotatable bonds is 0. The summed E-state index contributed by atoms with van der Waals surface area (Å²) >= 11 is 0. The van der Waals surface area contributed by atoms with Crippen molar-refractivity contribution in [1.82, 2.24) is 9.80 Å². The molecule has 1 saturated carbocycles. The largest absolute Gasteiger partial charge is 0.331 e. The van der Waals surface area contributed by atoms with Crippen molar-refractivity contribution < 1.29 is 4.79 Å². The molecule has 1 aliphatic heterocycles. The number of carbonyl (C=O) groups is 1. The Morgan fingerprint density at radius 2 is 1.86 bits per heavy atom. The van der Waals surface area contributed by atoms with Crippen LogP contribution in [0.15, 0.2) is 0 Å². The summed E-state index contributed by atoms with van der Waals surface area (Å²) in [5.74, 6) is 1.12. The second kappa shape index (κ2) is 3.26. The van der Waals surface area contributed by atoms with Gasteiger partial charge in [-0.05, 0) is 24.7 Å². The van der Waals surface area contributed by atoms with Gasteiger partial charge in [0.05, 0.1) is 0 Å². The van der Waals surface area contributed by atoms with E-state index in [0.29, 0.717) is 11.8 Å². The normalized spacial score (nSPS) is 30.7. The Hall–Kier alpha value is -1.06. The minimum Gasteiger partial charge on any atom is -0.331 e. The molecule has 2 atom stereocenters. The van der Waals surface area contributed by atoms with Crippen LogP contribution < -0.4 is 0 Å². The molecule has 1 heterocycles. The van der Waals surface area contributed by atoms with Gasteiger partial charge in [-0.15, -0.1) is 0 Å². The molecule has 2 aliphatic rings. The van der Waals surface area contributed by atoms with Gasteiger partial charge >= 0.3 is 6.03 Å². The van der Waals surface area contributed by atoms with Crippen LogP contribution in [0.2, 0.25) is 0 Å². The Morgan fingerprint density at radius 3 is 2.29 bits per heavy atom. The van der Waals surface area contributed by atoms with Crippen molar-refractivity contribution in [2.75, 3.05) is 27.2 Å². The molecule has 2 rings (SSSR count). The molecule has 4 nitrogen and oxygen atoms in total. The predicted molar refractivity (Wildman–Crippen MR) is 54.6 cm³/mol. The lowest BCUT2D eigenvalue weighted by atomic mass is 10.0. The zero-order valence-electron chi connectivity index (χ0n) is 8.79. The molecule has 0 radical (unpaired) electrons. The average Bonchev–Trinajstić information content (AvgIpc) is 2.59. The first-order valence-corrected chi connectivity index (χ1v) is 5.10. The monoisotopic (exact) mass is 195 g/mol. The highest BCUT2D eigenvalue weighted by atomic mass is 16.2. The number of fused-ring (bicyclic) bond motifs is 1. The molecule has 1 aliphatic carbocycles. The summed E-state index contributed by atoms with van der Waals surface area (Å²) < 4.78 is 0. The molecule has 2 unspecified atom stereocenters. The van der Waals surface area contributed by atoms with Crippen LogP contribution >= 0.6 is 0 Å². The van der Waals surface area contributed by atoms with Crippen LogP contribution in [-0.2, 0) is 0 Å². The number of nitrogens with one attached hydrogen (secondary N) is 1. The van der Waals surface area contributed by atoms with Crippen LogP contribution in [0.3, 0.4) is 0 Å². The lowest BCUT2D eigenvalue weighted by Crippen LogP contribution is -2.38. The maximum Gasteiger partial charge on any atom is 0.319 e. The lowest BCUT2D eigenvalue weighted by Gasteiger charge is -2.21. The van der Waals surface area contributed by atoms with E-state index < -0.39 is 0 Å². The fourth-order valence-electron chi connectivity index (χ4n) is 2.56. The summed E-state index contributed by atoms with van der Waals surface area (Å²) in [4.78, 5) is 15.2. The number of amides is 2. The summed E-state index contributed by atoms with van der Waals surface area (Å²) in [7, 11) is 3.58. The van der Waals surface area contributed by atoms with Crippen LogP contribution in [0.25, 0.3) is 0 Å². The lowest BCUT2D eigenvalue weighted by molar-refractivity contribution is 0.179. The first-order chi connectivity index (χ1) is 6.58. The van der Waals surface area contributed by atoms with Gasteiger partial charge in [0.15, 0.2) is 0 Å². The molecule has 0 aromatic rings. The number of nitrogens with zero attached hydrogens (tertiary/aromatic N) is 2. The summed E-state index contributed by atoms with van der Waals surface area (Å²) in [5.41, 5.74) is 0.872. The third kappa shape index (κ3) is 1.49. The Bertz CT molecular complexity index is 259. The Kier molecular flexibility index (Phi) is 2.21. The molecule has 0 bridgehead atoms. The summed E-state index contributed by atoms with van der Waals surface area (Å²) in [6.07, 6.45) is 1.81. The van der Waals surface area contributed by atoms with Crippen molar-refractivity contribution in [2.24, 2.45) is 11.8 Å². The maximum atomic E-state index is 11.7. The third-order valence-electron chi connectivity index (χ3n) is 3.25. The van der Waals surface area contributed by atoms with Gasteiger partial charge in [-0.2, -0.15) is 0 Å². The van der Waals surface area contributed by atoms with Crippen molar-refractivity contribution in [3.63, 3.8) is 0 Å². The first kappa shape index (κ1) is 9.49.